The van der Waals surface area contributed by atoms with E-state index in [0.29, 0.717) is 42.4 Å². The average Bonchev–Trinajstić information content (AvgIpc) is 3.28. The monoisotopic (exact) mass is 382 g/mol. The van der Waals surface area contributed by atoms with E-state index in [9.17, 15) is 14.4 Å². The summed E-state index contributed by atoms with van der Waals surface area (Å²) in [6, 6.07) is 9.86. The highest BCUT2D eigenvalue weighted by atomic mass is 16.5. The number of fused-ring (bicyclic) bond motifs is 1. The third-order valence-corrected chi connectivity index (χ3v) is 4.78. The van der Waals surface area contributed by atoms with Crippen molar-refractivity contribution in [2.75, 3.05) is 26.7 Å². The van der Waals surface area contributed by atoms with Crippen LogP contribution in [0.25, 0.3) is 0 Å². The van der Waals surface area contributed by atoms with Gasteiger partial charge in [-0.15, -0.1) is 10.2 Å². The molecular weight excluding hydrogens is 364 g/mol. The molecule has 2 aliphatic heterocycles. The maximum Gasteiger partial charge on any atom is 0.262 e. The molecule has 1 atom stereocenters. The van der Waals surface area contributed by atoms with Crippen LogP contribution in [0.2, 0.25) is 0 Å². The normalized spacial score (nSPS) is 18.4. The van der Waals surface area contributed by atoms with Crippen molar-refractivity contribution >= 4 is 17.7 Å². The first-order chi connectivity index (χ1) is 13.6. The van der Waals surface area contributed by atoms with E-state index in [-0.39, 0.29) is 18.6 Å². The number of carbonyl (C=O) groups is 3. The molecule has 3 heterocycles. The van der Waals surface area contributed by atoms with Gasteiger partial charge in [-0.25, -0.2) is 0 Å². The largest absolute Gasteiger partial charge is 0.480 e. The van der Waals surface area contributed by atoms with Gasteiger partial charge >= 0.3 is 0 Å². The first-order valence-corrected chi connectivity index (χ1v) is 8.84. The molecule has 4 rings (SSSR count). The summed E-state index contributed by atoms with van der Waals surface area (Å²) in [5, 5.41) is 7.75. The molecule has 2 aliphatic rings. The summed E-state index contributed by atoms with van der Waals surface area (Å²) in [4.78, 5) is 40.0. The number of ether oxygens (including phenoxy) is 2. The van der Waals surface area contributed by atoms with Crippen LogP contribution >= 0.6 is 0 Å². The zero-order chi connectivity index (χ0) is 19.7. The molecule has 0 saturated carbocycles. The van der Waals surface area contributed by atoms with E-state index >= 15 is 0 Å². The molecule has 1 saturated heterocycles. The summed E-state index contributed by atoms with van der Waals surface area (Å²) in [7, 11) is 1.50. The lowest BCUT2D eigenvalue weighted by Gasteiger charge is -2.20. The van der Waals surface area contributed by atoms with Crippen LogP contribution in [0.15, 0.2) is 36.4 Å². The Labute approximate surface area is 160 Å². The van der Waals surface area contributed by atoms with Crippen molar-refractivity contribution in [3.8, 4) is 11.8 Å². The summed E-state index contributed by atoms with van der Waals surface area (Å²) in [5.41, 5.74) is 0.669. The number of aromatic nitrogens is 2. The number of amides is 3. The Morgan fingerprint density at radius 2 is 1.71 bits per heavy atom. The van der Waals surface area contributed by atoms with E-state index in [1.807, 2.05) is 0 Å². The van der Waals surface area contributed by atoms with Crippen LogP contribution in [0.4, 0.5) is 0 Å². The maximum atomic E-state index is 12.6. The molecule has 0 bridgehead atoms. The molecule has 28 heavy (non-hydrogen) atoms. The SMILES string of the molecule is COc1ccc(OC2CCN(C(=O)CN3C(=O)c4ccccc4C3=O)C2)nn1. The molecule has 144 valence electrons. The average molecular weight is 382 g/mol. The van der Waals surface area contributed by atoms with Crippen molar-refractivity contribution in [1.29, 1.82) is 0 Å². The molecule has 1 aromatic heterocycles. The molecule has 9 nitrogen and oxygen atoms in total. The Bertz CT molecular complexity index is 895. The molecule has 2 aromatic rings. The van der Waals surface area contributed by atoms with E-state index in [0.717, 1.165) is 4.90 Å². The van der Waals surface area contributed by atoms with Crippen LogP contribution in [0.5, 0.6) is 11.8 Å². The highest BCUT2D eigenvalue weighted by Gasteiger charge is 2.38. The van der Waals surface area contributed by atoms with E-state index in [1.165, 1.54) is 7.11 Å². The molecule has 1 fully saturated rings. The van der Waals surface area contributed by atoms with Gasteiger partial charge in [0.1, 0.15) is 12.6 Å². The lowest BCUT2D eigenvalue weighted by atomic mass is 10.1. The van der Waals surface area contributed by atoms with Gasteiger partial charge in [-0.05, 0) is 12.1 Å². The maximum absolute atomic E-state index is 12.6. The number of hydrogen-bond donors (Lipinski definition) is 0. The molecule has 0 N–H and O–H groups in total. The van der Waals surface area contributed by atoms with Gasteiger partial charge in [0.05, 0.1) is 24.8 Å². The number of nitrogens with zero attached hydrogens (tertiary/aromatic N) is 4. The lowest BCUT2D eigenvalue weighted by molar-refractivity contribution is -0.130. The van der Waals surface area contributed by atoms with Crippen molar-refractivity contribution < 1.29 is 23.9 Å². The molecular formula is C19H18N4O5. The molecule has 0 aliphatic carbocycles. The predicted molar refractivity (Wildman–Crippen MR) is 96.0 cm³/mol. The highest BCUT2D eigenvalue weighted by molar-refractivity contribution is 6.22. The fraction of sp³-hybridized carbons (Fsp3) is 0.316. The minimum absolute atomic E-state index is 0.228. The van der Waals surface area contributed by atoms with Crippen molar-refractivity contribution in [3.63, 3.8) is 0 Å². The number of hydrogen-bond acceptors (Lipinski definition) is 7. The molecule has 1 unspecified atom stereocenters. The Kier molecular flexibility index (Phi) is 4.64. The van der Waals surface area contributed by atoms with Crippen LogP contribution < -0.4 is 9.47 Å². The van der Waals surface area contributed by atoms with Crippen molar-refractivity contribution in [2.24, 2.45) is 0 Å². The van der Waals surface area contributed by atoms with Crippen LogP contribution in [0.1, 0.15) is 27.1 Å². The van der Waals surface area contributed by atoms with Crippen molar-refractivity contribution in [1.82, 2.24) is 20.0 Å². The molecule has 1 aromatic carbocycles. The number of imide groups is 1. The van der Waals surface area contributed by atoms with E-state index < -0.39 is 11.8 Å². The fourth-order valence-electron chi connectivity index (χ4n) is 3.32. The highest BCUT2D eigenvalue weighted by Crippen LogP contribution is 2.23. The van der Waals surface area contributed by atoms with Crippen LogP contribution in [-0.2, 0) is 4.79 Å². The Morgan fingerprint density at radius 3 is 2.32 bits per heavy atom. The molecule has 0 radical (unpaired) electrons. The van der Waals surface area contributed by atoms with E-state index in [1.54, 1.807) is 41.3 Å². The summed E-state index contributed by atoms with van der Waals surface area (Å²) in [6.07, 6.45) is 0.399. The van der Waals surface area contributed by atoms with Crippen molar-refractivity contribution in [3.05, 3.63) is 47.5 Å². The Balaban J connectivity index is 1.35. The summed E-state index contributed by atoms with van der Waals surface area (Å²) < 4.78 is 10.7. The number of rotatable bonds is 5. The van der Waals surface area contributed by atoms with Gasteiger partial charge in [0.25, 0.3) is 11.8 Å². The number of carbonyl (C=O) groups excluding carboxylic acids is 3. The third kappa shape index (κ3) is 3.26. The molecule has 9 heteroatoms. The first-order valence-electron chi connectivity index (χ1n) is 8.84. The summed E-state index contributed by atoms with van der Waals surface area (Å²) >= 11 is 0. The smallest absolute Gasteiger partial charge is 0.262 e. The first kappa shape index (κ1) is 17.9. The summed E-state index contributed by atoms with van der Waals surface area (Å²) in [5.74, 6) is -0.428. The minimum atomic E-state index is -0.436. The third-order valence-electron chi connectivity index (χ3n) is 4.78. The van der Waals surface area contributed by atoms with Crippen LogP contribution in [0.3, 0.4) is 0 Å². The summed E-state index contributed by atoms with van der Waals surface area (Å²) in [6.45, 7) is 0.563. The van der Waals surface area contributed by atoms with Crippen LogP contribution in [-0.4, -0.2) is 70.6 Å². The second kappa shape index (κ2) is 7.26. The fourth-order valence-corrected chi connectivity index (χ4v) is 3.32. The van der Waals surface area contributed by atoms with Gasteiger partial charge in [-0.2, -0.15) is 0 Å². The van der Waals surface area contributed by atoms with Gasteiger partial charge in [-0.1, -0.05) is 12.1 Å². The van der Waals surface area contributed by atoms with Gasteiger partial charge < -0.3 is 14.4 Å². The number of likely N-dealkylation sites (tertiary alicyclic amines) is 1. The zero-order valence-electron chi connectivity index (χ0n) is 15.2. The molecule has 0 spiro atoms. The van der Waals surface area contributed by atoms with E-state index in [4.69, 9.17) is 9.47 Å². The van der Waals surface area contributed by atoms with E-state index in [2.05, 4.69) is 10.2 Å². The van der Waals surface area contributed by atoms with Gasteiger partial charge in [0.15, 0.2) is 0 Å². The van der Waals surface area contributed by atoms with Gasteiger partial charge in [-0.3, -0.25) is 19.3 Å². The minimum Gasteiger partial charge on any atom is -0.480 e. The standard InChI is InChI=1S/C19H18N4O5/c1-27-15-6-7-16(21-20-15)28-12-8-9-22(10-12)17(24)11-23-18(25)13-4-2-3-5-14(13)19(23)26/h2-7,12H,8-11H2,1H3. The topological polar surface area (TPSA) is 102 Å². The Hall–Kier alpha value is -3.49. The number of methoxy groups -OCH3 is 1. The molecule has 3 amide bonds. The Morgan fingerprint density at radius 1 is 1.07 bits per heavy atom. The quantitative estimate of drug-likeness (QED) is 0.704. The zero-order valence-corrected chi connectivity index (χ0v) is 15.2. The van der Waals surface area contributed by atoms with Gasteiger partial charge in [0.2, 0.25) is 17.7 Å². The predicted octanol–water partition coefficient (Wildman–Crippen LogP) is 0.761. The lowest BCUT2D eigenvalue weighted by Crippen LogP contribution is -2.42. The van der Waals surface area contributed by atoms with Crippen LogP contribution in [0, 0.1) is 0 Å². The number of benzene rings is 1. The van der Waals surface area contributed by atoms with Crippen molar-refractivity contribution in [2.45, 2.75) is 12.5 Å². The van der Waals surface area contributed by atoms with Gasteiger partial charge in [0, 0.05) is 25.1 Å². The second-order valence-corrected chi connectivity index (χ2v) is 6.52. The second-order valence-electron chi connectivity index (χ2n) is 6.52.